The zero-order valence-corrected chi connectivity index (χ0v) is 18.5. The first-order chi connectivity index (χ1) is 13.8. The van der Waals surface area contributed by atoms with E-state index in [-0.39, 0.29) is 0 Å². The van der Waals surface area contributed by atoms with Crippen LogP contribution in [0.2, 0.25) is 0 Å². The fraction of sp³-hybridized carbons (Fsp3) is 0.875. The number of phosphoric acid groups is 3. The molecule has 9 N–H and O–H groups in total. The summed E-state index contributed by atoms with van der Waals surface area (Å²) in [5.74, 6) is -1.35. The summed E-state index contributed by atoms with van der Waals surface area (Å²) in [5.41, 5.74) is 0. The molecule has 1 rings (SSSR count). The van der Waals surface area contributed by atoms with Crippen molar-refractivity contribution in [1.82, 2.24) is 5.32 Å². The van der Waals surface area contributed by atoms with Gasteiger partial charge in [-0.15, -0.1) is 0 Å². The van der Waals surface area contributed by atoms with Crippen LogP contribution < -0.4 is 5.32 Å². The SMILES string of the molecule is O=C(O)CNCP(=O)(O)O[C@H]1O[C@H](COP(=O)(O)OP(=O)(O)OP(=O)(O)O)[C@@H](O)[C@H]1O. The van der Waals surface area contributed by atoms with E-state index in [0.29, 0.717) is 0 Å². The van der Waals surface area contributed by atoms with E-state index in [1.54, 1.807) is 0 Å². The first-order valence-corrected chi connectivity index (χ1v) is 13.8. The van der Waals surface area contributed by atoms with Gasteiger partial charge in [-0.2, -0.15) is 8.62 Å². The number of carboxylic acids is 1. The molecule has 0 aliphatic carbocycles. The van der Waals surface area contributed by atoms with Gasteiger partial charge in [-0.1, -0.05) is 0 Å². The molecule has 0 saturated carbocycles. The van der Waals surface area contributed by atoms with Gasteiger partial charge in [0, 0.05) is 0 Å². The molecule has 1 heterocycles. The minimum absolute atomic E-state index is 0.701. The molecule has 0 amide bonds. The lowest BCUT2D eigenvalue weighted by molar-refractivity contribution is -0.135. The van der Waals surface area contributed by atoms with E-state index >= 15 is 0 Å². The predicted octanol–water partition coefficient (Wildman–Crippen LogP) is -2.39. The molecule has 1 saturated heterocycles. The van der Waals surface area contributed by atoms with Crippen LogP contribution in [0.4, 0.5) is 0 Å². The first kappa shape index (κ1) is 28.9. The van der Waals surface area contributed by atoms with E-state index in [1.165, 1.54) is 0 Å². The normalized spacial score (nSPS) is 30.3. The summed E-state index contributed by atoms with van der Waals surface area (Å²) in [5, 5.41) is 30.1. The number of phosphoric ester groups is 1. The Morgan fingerprint density at radius 3 is 2.03 bits per heavy atom. The quantitative estimate of drug-likeness (QED) is 0.110. The Labute approximate surface area is 172 Å². The van der Waals surface area contributed by atoms with Crippen molar-refractivity contribution in [2.75, 3.05) is 19.4 Å². The Balaban J connectivity index is 2.66. The number of hydrogen-bond donors (Lipinski definition) is 9. The lowest BCUT2D eigenvalue weighted by atomic mass is 10.1. The number of aliphatic hydroxyl groups is 2. The maximum Gasteiger partial charge on any atom is 0.490 e. The van der Waals surface area contributed by atoms with E-state index in [9.17, 15) is 43.1 Å². The Hall–Kier alpha value is -0.130. The second-order valence-corrected chi connectivity index (χ2v) is 11.9. The highest BCUT2D eigenvalue weighted by Crippen LogP contribution is 2.66. The summed E-state index contributed by atoms with van der Waals surface area (Å²) in [6.45, 7) is -1.86. The molecule has 0 spiro atoms. The number of carbonyl (C=O) groups is 1. The Bertz CT molecular complexity index is 825. The van der Waals surface area contributed by atoms with E-state index < -0.39 is 81.1 Å². The fourth-order valence-electron chi connectivity index (χ4n) is 1.91. The van der Waals surface area contributed by atoms with Crippen LogP contribution in [0.1, 0.15) is 0 Å². The largest absolute Gasteiger partial charge is 0.490 e. The number of nitrogens with one attached hydrogen (secondary N) is 1. The minimum Gasteiger partial charge on any atom is -0.480 e. The molecule has 23 heteroatoms. The number of aliphatic hydroxyl groups excluding tert-OH is 2. The molecule has 0 bridgehead atoms. The van der Waals surface area contributed by atoms with Gasteiger partial charge in [0.05, 0.1) is 19.4 Å². The Morgan fingerprint density at radius 1 is 0.935 bits per heavy atom. The van der Waals surface area contributed by atoms with Gasteiger partial charge in [0.15, 0.2) is 6.29 Å². The molecular formula is C8H19NO18P4. The molecule has 1 aliphatic rings. The fourth-order valence-corrected chi connectivity index (χ4v) is 5.91. The molecule has 0 radical (unpaired) electrons. The number of hydrogen-bond acceptors (Lipinski definition) is 13. The van der Waals surface area contributed by atoms with E-state index in [0.717, 1.165) is 0 Å². The van der Waals surface area contributed by atoms with Crippen molar-refractivity contribution in [3.05, 3.63) is 0 Å². The van der Waals surface area contributed by atoms with Crippen LogP contribution in [0, 0.1) is 0 Å². The van der Waals surface area contributed by atoms with Crippen LogP contribution in [0.25, 0.3) is 0 Å². The summed E-state index contributed by atoms with van der Waals surface area (Å²) in [7, 11) is -21.5. The second-order valence-electron chi connectivity index (χ2n) is 5.63. The molecular weight excluding hydrogens is 522 g/mol. The number of carboxylic acid groups (broad SMARTS) is 1. The topological polar surface area (TPSA) is 305 Å². The van der Waals surface area contributed by atoms with Crippen LogP contribution >= 0.6 is 31.1 Å². The predicted molar refractivity (Wildman–Crippen MR) is 91.9 cm³/mol. The summed E-state index contributed by atoms with van der Waals surface area (Å²) in [4.78, 5) is 55.1. The average molecular weight is 541 g/mol. The highest BCUT2D eigenvalue weighted by Gasteiger charge is 2.48. The summed E-state index contributed by atoms with van der Waals surface area (Å²) >= 11 is 0. The highest BCUT2D eigenvalue weighted by atomic mass is 31.3. The molecule has 3 unspecified atom stereocenters. The lowest BCUT2D eigenvalue weighted by Crippen LogP contribution is -2.35. The molecule has 31 heavy (non-hydrogen) atoms. The van der Waals surface area contributed by atoms with Crippen LogP contribution in [0.5, 0.6) is 0 Å². The Morgan fingerprint density at radius 2 is 1.52 bits per heavy atom. The van der Waals surface area contributed by atoms with Gasteiger partial charge in [-0.25, -0.2) is 13.7 Å². The van der Waals surface area contributed by atoms with Crippen molar-refractivity contribution in [3.63, 3.8) is 0 Å². The van der Waals surface area contributed by atoms with Crippen LogP contribution in [-0.4, -0.2) is 89.8 Å². The number of aliphatic carboxylic acids is 1. The highest BCUT2D eigenvalue weighted by molar-refractivity contribution is 7.66. The molecule has 184 valence electrons. The molecule has 1 fully saturated rings. The third-order valence-corrected chi connectivity index (χ3v) is 7.96. The van der Waals surface area contributed by atoms with Crippen molar-refractivity contribution >= 4 is 37.0 Å². The first-order valence-electron chi connectivity index (χ1n) is 7.55. The number of rotatable bonds is 13. The van der Waals surface area contributed by atoms with Gasteiger partial charge in [0.25, 0.3) is 0 Å². The van der Waals surface area contributed by atoms with Crippen molar-refractivity contribution < 1.29 is 85.2 Å². The van der Waals surface area contributed by atoms with Crippen molar-refractivity contribution in [2.45, 2.75) is 24.6 Å². The zero-order chi connectivity index (χ0) is 24.3. The average Bonchev–Trinajstić information content (AvgIpc) is 2.76. The molecule has 7 atom stereocenters. The third-order valence-electron chi connectivity index (χ3n) is 2.99. The van der Waals surface area contributed by atoms with Crippen molar-refractivity contribution in [1.29, 1.82) is 0 Å². The molecule has 0 aromatic rings. The molecule has 0 aromatic carbocycles. The van der Waals surface area contributed by atoms with E-state index in [1.807, 2.05) is 0 Å². The maximum atomic E-state index is 11.8. The zero-order valence-electron chi connectivity index (χ0n) is 14.9. The van der Waals surface area contributed by atoms with E-state index in [4.69, 9.17) is 24.5 Å². The van der Waals surface area contributed by atoms with Crippen molar-refractivity contribution in [2.24, 2.45) is 0 Å². The van der Waals surface area contributed by atoms with Gasteiger partial charge in [0.2, 0.25) is 0 Å². The van der Waals surface area contributed by atoms with Gasteiger partial charge < -0.3 is 44.5 Å². The lowest BCUT2D eigenvalue weighted by Gasteiger charge is -2.20. The third kappa shape index (κ3) is 11.0. The van der Waals surface area contributed by atoms with Gasteiger partial charge in [0.1, 0.15) is 18.3 Å². The summed E-state index contributed by atoms with van der Waals surface area (Å²) < 4.78 is 65.8. The summed E-state index contributed by atoms with van der Waals surface area (Å²) in [6, 6.07) is 0. The maximum absolute atomic E-state index is 11.8. The second kappa shape index (κ2) is 10.9. The van der Waals surface area contributed by atoms with Gasteiger partial charge in [-0.05, 0) is 0 Å². The van der Waals surface area contributed by atoms with Crippen LogP contribution in [-0.2, 0) is 45.5 Å². The molecule has 1 aliphatic heterocycles. The number of ether oxygens (including phenoxy) is 1. The summed E-state index contributed by atoms with van der Waals surface area (Å²) in [6.07, 6.45) is -8.52. The molecule has 19 nitrogen and oxygen atoms in total. The van der Waals surface area contributed by atoms with Crippen LogP contribution in [0.15, 0.2) is 0 Å². The monoisotopic (exact) mass is 541 g/mol. The smallest absolute Gasteiger partial charge is 0.480 e. The molecule has 0 aromatic heterocycles. The minimum atomic E-state index is -5.78. The van der Waals surface area contributed by atoms with Gasteiger partial charge in [-0.3, -0.25) is 23.7 Å². The van der Waals surface area contributed by atoms with Crippen LogP contribution in [0.3, 0.4) is 0 Å². The van der Waals surface area contributed by atoms with Gasteiger partial charge >= 0.3 is 37.0 Å². The standard InChI is InChI=1S/C8H19NO18P4/c10-5(11)1-9-3-28(14,15)25-8-7(13)6(12)4(24-8)2-23-30(19,20)27-31(21,22)26-29(16,17)18/h4,6-9,12-13H,1-3H2,(H,10,11)(H,14,15)(H,19,20)(H,21,22)(H2,16,17,18)/t4-,6-,7-,8-/m1/s1. The Kier molecular flexibility index (Phi) is 10.1. The van der Waals surface area contributed by atoms with E-state index in [2.05, 4.69) is 23.0 Å². The van der Waals surface area contributed by atoms with Crippen molar-refractivity contribution in [3.8, 4) is 0 Å².